The topological polar surface area (TPSA) is 57.9 Å². The fourth-order valence-corrected chi connectivity index (χ4v) is 5.93. The predicted molar refractivity (Wildman–Crippen MR) is 117 cm³/mol. The quantitative estimate of drug-likeness (QED) is 0.844. The average molecular weight is 412 g/mol. The second-order valence-electron chi connectivity index (χ2n) is 9.58. The zero-order valence-electron chi connectivity index (χ0n) is 18.4. The first-order chi connectivity index (χ1) is 14.5. The molecule has 0 bridgehead atoms. The first-order valence-electron chi connectivity index (χ1n) is 11.3. The van der Waals surface area contributed by atoms with Gasteiger partial charge in [0.05, 0.1) is 25.3 Å². The predicted octanol–water partition coefficient (Wildman–Crippen LogP) is 2.83. The van der Waals surface area contributed by atoms with Gasteiger partial charge in [-0.2, -0.15) is 0 Å². The van der Waals surface area contributed by atoms with Gasteiger partial charge in [-0.25, -0.2) is 0 Å². The number of aliphatic hydroxyl groups is 1. The Balaban J connectivity index is 1.71. The van der Waals surface area contributed by atoms with Crippen LogP contribution in [0.1, 0.15) is 49.4 Å². The van der Waals surface area contributed by atoms with Crippen LogP contribution in [0.15, 0.2) is 18.2 Å². The molecule has 2 fully saturated rings. The number of aromatic nitrogens is 1. The van der Waals surface area contributed by atoms with E-state index in [0.29, 0.717) is 0 Å². The SMILES string of the molecule is COc1ccc2c3c(n(C)c2c1)[C@@H](CO)N(C(=O)C1CCC1)CC31CCN(C)CC1. The van der Waals surface area contributed by atoms with Crippen LogP contribution in [0.5, 0.6) is 5.75 Å². The zero-order chi connectivity index (χ0) is 21.0. The van der Waals surface area contributed by atoms with Crippen molar-refractivity contribution >= 4 is 16.8 Å². The lowest BCUT2D eigenvalue weighted by Crippen LogP contribution is -2.56. The van der Waals surface area contributed by atoms with Crippen molar-refractivity contribution in [1.29, 1.82) is 0 Å². The summed E-state index contributed by atoms with van der Waals surface area (Å²) in [6, 6.07) is 6.01. The van der Waals surface area contributed by atoms with Crippen molar-refractivity contribution < 1.29 is 14.6 Å². The molecule has 162 valence electrons. The summed E-state index contributed by atoms with van der Waals surface area (Å²) in [4.78, 5) is 17.9. The third kappa shape index (κ3) is 2.80. The lowest BCUT2D eigenvalue weighted by molar-refractivity contribution is -0.144. The normalized spacial score (nSPS) is 24.1. The number of carbonyl (C=O) groups is 1. The Morgan fingerprint density at radius 1 is 1.23 bits per heavy atom. The van der Waals surface area contributed by atoms with E-state index in [1.165, 1.54) is 10.9 Å². The molecule has 5 rings (SSSR count). The van der Waals surface area contributed by atoms with Gasteiger partial charge in [-0.3, -0.25) is 4.79 Å². The second kappa shape index (κ2) is 7.27. The van der Waals surface area contributed by atoms with Crippen LogP contribution in [0, 0.1) is 5.92 Å². The highest BCUT2D eigenvalue weighted by molar-refractivity contribution is 5.90. The molecule has 1 aromatic heterocycles. The van der Waals surface area contributed by atoms with Crippen molar-refractivity contribution in [3.8, 4) is 5.75 Å². The summed E-state index contributed by atoms with van der Waals surface area (Å²) >= 11 is 0. The zero-order valence-corrected chi connectivity index (χ0v) is 18.4. The van der Waals surface area contributed by atoms with Crippen LogP contribution >= 0.6 is 0 Å². The number of aliphatic hydroxyl groups excluding tert-OH is 1. The van der Waals surface area contributed by atoms with Crippen molar-refractivity contribution in [2.75, 3.05) is 40.4 Å². The lowest BCUT2D eigenvalue weighted by Gasteiger charge is -2.51. The highest BCUT2D eigenvalue weighted by Gasteiger charge is 2.50. The van der Waals surface area contributed by atoms with E-state index in [1.807, 2.05) is 11.0 Å². The molecular formula is C24H33N3O3. The third-order valence-electron chi connectivity index (χ3n) is 8.00. The standard InChI is InChI=1S/C24H33N3O3/c1-25-11-9-24(10-12-25)15-27(23(29)16-5-4-6-16)20(14-28)22-21(24)18-8-7-17(30-3)13-19(18)26(22)2/h7-8,13,16,20,28H,4-6,9-12,14-15H2,1-3H3/t20-/m1/s1. The van der Waals surface area contributed by atoms with Crippen molar-refractivity contribution in [3.05, 3.63) is 29.5 Å². The number of carbonyl (C=O) groups excluding carboxylic acids is 1. The molecule has 1 saturated carbocycles. The van der Waals surface area contributed by atoms with Crippen LogP contribution in [0.4, 0.5) is 0 Å². The van der Waals surface area contributed by atoms with E-state index in [-0.39, 0.29) is 29.9 Å². The number of amides is 1. The summed E-state index contributed by atoms with van der Waals surface area (Å²) < 4.78 is 7.70. The molecule has 1 N–H and O–H groups in total. The second-order valence-corrected chi connectivity index (χ2v) is 9.58. The molecule has 30 heavy (non-hydrogen) atoms. The molecule has 1 aliphatic carbocycles. The maximum Gasteiger partial charge on any atom is 0.226 e. The van der Waals surface area contributed by atoms with Crippen molar-refractivity contribution in [2.24, 2.45) is 13.0 Å². The van der Waals surface area contributed by atoms with E-state index in [2.05, 4.69) is 35.7 Å². The largest absolute Gasteiger partial charge is 0.497 e. The van der Waals surface area contributed by atoms with Crippen molar-refractivity contribution in [1.82, 2.24) is 14.4 Å². The molecule has 6 nitrogen and oxygen atoms in total. The molecule has 1 spiro atoms. The molecule has 1 atom stereocenters. The van der Waals surface area contributed by atoms with Gasteiger partial charge in [-0.05, 0) is 63.5 Å². The summed E-state index contributed by atoms with van der Waals surface area (Å²) in [7, 11) is 5.94. The Labute approximate surface area is 178 Å². The first-order valence-corrected chi connectivity index (χ1v) is 11.3. The van der Waals surface area contributed by atoms with Crippen molar-refractivity contribution in [3.63, 3.8) is 0 Å². The van der Waals surface area contributed by atoms with Crippen LogP contribution in [-0.4, -0.2) is 65.8 Å². The fraction of sp³-hybridized carbons (Fsp3) is 0.625. The summed E-state index contributed by atoms with van der Waals surface area (Å²) in [5.74, 6) is 1.21. The Kier molecular flexibility index (Phi) is 4.82. The van der Waals surface area contributed by atoms with Gasteiger partial charge in [0.15, 0.2) is 0 Å². The number of benzene rings is 1. The highest BCUT2D eigenvalue weighted by atomic mass is 16.5. The van der Waals surface area contributed by atoms with Gasteiger partial charge in [-0.1, -0.05) is 6.42 Å². The summed E-state index contributed by atoms with van der Waals surface area (Å²) in [6.07, 6.45) is 5.19. The first kappa shape index (κ1) is 19.9. The Morgan fingerprint density at radius 3 is 2.57 bits per heavy atom. The number of fused-ring (bicyclic) bond motifs is 4. The Bertz CT molecular complexity index is 970. The van der Waals surface area contributed by atoms with Gasteiger partial charge in [0.25, 0.3) is 0 Å². The molecule has 1 saturated heterocycles. The molecule has 3 heterocycles. The van der Waals surface area contributed by atoms with E-state index >= 15 is 0 Å². The molecule has 2 aliphatic heterocycles. The monoisotopic (exact) mass is 411 g/mol. The van der Waals surface area contributed by atoms with Gasteiger partial charge >= 0.3 is 0 Å². The van der Waals surface area contributed by atoms with Crippen LogP contribution < -0.4 is 4.74 Å². The van der Waals surface area contributed by atoms with Gasteiger partial charge < -0.3 is 24.2 Å². The number of rotatable bonds is 3. The van der Waals surface area contributed by atoms with Crippen LogP contribution in [0.3, 0.4) is 0 Å². The number of piperidine rings is 1. The van der Waals surface area contributed by atoms with E-state index < -0.39 is 0 Å². The van der Waals surface area contributed by atoms with Crippen molar-refractivity contribution in [2.45, 2.75) is 43.6 Å². The van der Waals surface area contributed by atoms with Gasteiger partial charge in [0.2, 0.25) is 5.91 Å². The molecule has 1 aromatic carbocycles. The average Bonchev–Trinajstić information content (AvgIpc) is 3.02. The number of methoxy groups -OCH3 is 1. The maximum atomic E-state index is 13.5. The van der Waals surface area contributed by atoms with E-state index in [4.69, 9.17) is 4.74 Å². The molecule has 1 amide bonds. The molecular weight excluding hydrogens is 378 g/mol. The molecule has 2 aromatic rings. The van der Waals surface area contributed by atoms with Gasteiger partial charge in [-0.15, -0.1) is 0 Å². The summed E-state index contributed by atoms with van der Waals surface area (Å²) in [5.41, 5.74) is 3.53. The van der Waals surface area contributed by atoms with Gasteiger partial charge in [0.1, 0.15) is 5.75 Å². The number of ether oxygens (including phenoxy) is 1. The number of aryl methyl sites for hydroxylation is 1. The lowest BCUT2D eigenvalue weighted by atomic mass is 9.67. The maximum absolute atomic E-state index is 13.5. The van der Waals surface area contributed by atoms with E-state index in [0.717, 1.165) is 68.7 Å². The number of nitrogens with zero attached hydrogens (tertiary/aromatic N) is 3. The fourth-order valence-electron chi connectivity index (χ4n) is 5.93. The number of likely N-dealkylation sites (tertiary alicyclic amines) is 1. The van der Waals surface area contributed by atoms with Crippen LogP contribution in [0.2, 0.25) is 0 Å². The summed E-state index contributed by atoms with van der Waals surface area (Å²) in [5, 5.41) is 11.7. The van der Waals surface area contributed by atoms with Crippen LogP contribution in [-0.2, 0) is 17.3 Å². The van der Waals surface area contributed by atoms with E-state index in [1.54, 1.807) is 7.11 Å². The Morgan fingerprint density at radius 2 is 1.97 bits per heavy atom. The molecule has 3 aliphatic rings. The minimum atomic E-state index is -0.276. The third-order valence-corrected chi connectivity index (χ3v) is 8.00. The highest BCUT2D eigenvalue weighted by Crippen LogP contribution is 2.50. The van der Waals surface area contributed by atoms with Gasteiger partial charge in [0, 0.05) is 42.1 Å². The number of hydrogen-bond donors (Lipinski definition) is 1. The molecule has 6 heteroatoms. The minimum Gasteiger partial charge on any atom is -0.497 e. The summed E-state index contributed by atoms with van der Waals surface area (Å²) in [6.45, 7) is 2.74. The Hall–Kier alpha value is -2.05. The minimum absolute atomic E-state index is 0.0389. The van der Waals surface area contributed by atoms with E-state index in [9.17, 15) is 9.90 Å². The smallest absolute Gasteiger partial charge is 0.226 e. The number of hydrogen-bond acceptors (Lipinski definition) is 4. The molecule has 0 unspecified atom stereocenters. The van der Waals surface area contributed by atoms with Crippen LogP contribution in [0.25, 0.3) is 10.9 Å². The molecule has 0 radical (unpaired) electrons.